The fourth-order valence-electron chi connectivity index (χ4n) is 6.40. The SMILES string of the molecule is Cc1oc(-c2ccccc2)c(CN(c2ccc(Cl)cc2)c2ccc(Cl)cc2)c1C(c1ccccc1)N(c1ccc(Cl)cc1)c1ccc(Cl)cc1. The van der Waals surface area contributed by atoms with Crippen LogP contribution in [0, 0.1) is 6.92 Å². The Balaban J connectivity index is 1.51. The molecular formula is C43H32Cl4N2O. The lowest BCUT2D eigenvalue weighted by molar-refractivity contribution is 0.539. The van der Waals surface area contributed by atoms with E-state index in [1.54, 1.807) is 0 Å². The van der Waals surface area contributed by atoms with Crippen molar-refractivity contribution in [1.82, 2.24) is 0 Å². The Morgan fingerprint density at radius 3 is 1.34 bits per heavy atom. The molecular weight excluding hydrogens is 702 g/mol. The van der Waals surface area contributed by atoms with E-state index in [2.05, 4.69) is 53.1 Å². The van der Waals surface area contributed by atoms with Crippen molar-refractivity contribution in [2.75, 3.05) is 9.80 Å². The van der Waals surface area contributed by atoms with E-state index in [1.165, 1.54) is 0 Å². The number of halogens is 4. The third-order valence-electron chi connectivity index (χ3n) is 8.72. The summed E-state index contributed by atoms with van der Waals surface area (Å²) in [6, 6.07) is 52.1. The summed E-state index contributed by atoms with van der Waals surface area (Å²) in [5.41, 5.74) is 8.05. The van der Waals surface area contributed by atoms with Crippen LogP contribution in [0.5, 0.6) is 0 Å². The van der Waals surface area contributed by atoms with Crippen LogP contribution in [0.3, 0.4) is 0 Å². The molecule has 0 aliphatic rings. The molecule has 7 heteroatoms. The van der Waals surface area contributed by atoms with Crippen LogP contribution in [0.25, 0.3) is 11.3 Å². The zero-order valence-electron chi connectivity index (χ0n) is 27.1. The van der Waals surface area contributed by atoms with Crippen molar-refractivity contribution in [3.05, 3.63) is 200 Å². The first-order valence-corrected chi connectivity index (χ1v) is 17.7. The van der Waals surface area contributed by atoms with Gasteiger partial charge in [-0.2, -0.15) is 0 Å². The standard InChI is InChI=1S/C43H32Cl4N2O/c1-29-41(42(30-8-4-2-5-9-30)49(38-24-16-34(46)17-25-38)39-26-18-35(47)19-27-39)40(43(50-29)31-10-6-3-7-11-31)28-48(36-20-12-32(44)13-21-36)37-22-14-33(45)15-23-37/h2-27,42H,28H2,1H3. The van der Waals surface area contributed by atoms with Gasteiger partial charge in [0.05, 0.1) is 12.6 Å². The molecule has 3 nitrogen and oxygen atoms in total. The van der Waals surface area contributed by atoms with Crippen LogP contribution in [0.4, 0.5) is 22.7 Å². The number of anilines is 4. The molecule has 1 heterocycles. The first kappa shape index (κ1) is 33.8. The predicted molar refractivity (Wildman–Crippen MR) is 211 cm³/mol. The van der Waals surface area contributed by atoms with Gasteiger partial charge in [-0.3, -0.25) is 0 Å². The number of benzene rings is 6. The third kappa shape index (κ3) is 7.28. The number of hydrogen-bond donors (Lipinski definition) is 0. The van der Waals surface area contributed by atoms with Crippen molar-refractivity contribution in [3.8, 4) is 11.3 Å². The molecule has 1 unspecified atom stereocenters. The summed E-state index contributed by atoms with van der Waals surface area (Å²) < 4.78 is 6.87. The Labute approximate surface area is 312 Å². The highest BCUT2D eigenvalue weighted by Gasteiger charge is 2.33. The minimum atomic E-state index is -0.313. The highest BCUT2D eigenvalue weighted by Crippen LogP contribution is 2.46. The normalized spacial score (nSPS) is 11.7. The molecule has 0 spiro atoms. The van der Waals surface area contributed by atoms with Crippen molar-refractivity contribution in [2.24, 2.45) is 0 Å². The minimum Gasteiger partial charge on any atom is -0.461 e. The maximum atomic E-state index is 6.87. The lowest BCUT2D eigenvalue weighted by Crippen LogP contribution is -2.27. The number of hydrogen-bond acceptors (Lipinski definition) is 3. The average molecular weight is 735 g/mol. The topological polar surface area (TPSA) is 19.6 Å². The summed E-state index contributed by atoms with van der Waals surface area (Å²) in [5.74, 6) is 1.62. The van der Waals surface area contributed by atoms with Crippen LogP contribution in [0.15, 0.2) is 162 Å². The molecule has 0 saturated heterocycles. The first-order valence-electron chi connectivity index (χ1n) is 16.2. The maximum absolute atomic E-state index is 6.87. The Bertz CT molecular complexity index is 2080. The van der Waals surface area contributed by atoms with Crippen LogP contribution in [-0.2, 0) is 6.54 Å². The Hall–Kier alpha value is -4.64. The zero-order valence-corrected chi connectivity index (χ0v) is 30.1. The van der Waals surface area contributed by atoms with Gasteiger partial charge in [0.15, 0.2) is 0 Å². The van der Waals surface area contributed by atoms with E-state index in [4.69, 9.17) is 50.8 Å². The zero-order chi connectivity index (χ0) is 34.6. The number of nitrogens with zero attached hydrogens (tertiary/aromatic N) is 2. The van der Waals surface area contributed by atoms with Gasteiger partial charge in [-0.05, 0) is 110 Å². The van der Waals surface area contributed by atoms with Gasteiger partial charge in [-0.15, -0.1) is 0 Å². The highest BCUT2D eigenvalue weighted by atomic mass is 35.5. The molecule has 1 aromatic heterocycles. The lowest BCUT2D eigenvalue weighted by Gasteiger charge is -2.36. The van der Waals surface area contributed by atoms with Gasteiger partial charge in [0.25, 0.3) is 0 Å². The molecule has 0 saturated carbocycles. The minimum absolute atomic E-state index is 0.313. The molecule has 7 aromatic rings. The average Bonchev–Trinajstić information content (AvgIpc) is 3.47. The summed E-state index contributed by atoms with van der Waals surface area (Å²) in [7, 11) is 0. The molecule has 6 aromatic carbocycles. The fraction of sp³-hybridized carbons (Fsp3) is 0.0698. The van der Waals surface area contributed by atoms with E-state index in [1.807, 2.05) is 121 Å². The maximum Gasteiger partial charge on any atom is 0.139 e. The molecule has 248 valence electrons. The number of rotatable bonds is 10. The van der Waals surface area contributed by atoms with Gasteiger partial charge in [-0.25, -0.2) is 0 Å². The predicted octanol–water partition coefficient (Wildman–Crippen LogP) is 14.1. The second-order valence-electron chi connectivity index (χ2n) is 11.9. The largest absolute Gasteiger partial charge is 0.461 e. The van der Waals surface area contributed by atoms with Crippen LogP contribution < -0.4 is 9.80 Å². The van der Waals surface area contributed by atoms with Gasteiger partial charge in [-0.1, -0.05) is 107 Å². The van der Waals surface area contributed by atoms with Crippen LogP contribution in [0.2, 0.25) is 20.1 Å². The molecule has 0 fully saturated rings. The third-order valence-corrected chi connectivity index (χ3v) is 9.73. The highest BCUT2D eigenvalue weighted by molar-refractivity contribution is 6.31. The lowest BCUT2D eigenvalue weighted by atomic mass is 9.90. The summed E-state index contributed by atoms with van der Waals surface area (Å²) >= 11 is 25.6. The summed E-state index contributed by atoms with van der Waals surface area (Å²) in [4.78, 5) is 4.59. The molecule has 0 N–H and O–H groups in total. The molecule has 0 aliphatic heterocycles. The smallest absolute Gasteiger partial charge is 0.139 e. The van der Waals surface area contributed by atoms with Crippen molar-refractivity contribution >= 4 is 69.2 Å². The van der Waals surface area contributed by atoms with Gasteiger partial charge in [0.2, 0.25) is 0 Å². The fourth-order valence-corrected chi connectivity index (χ4v) is 6.91. The monoisotopic (exact) mass is 732 g/mol. The van der Waals surface area contributed by atoms with E-state index in [0.29, 0.717) is 26.6 Å². The van der Waals surface area contributed by atoms with Crippen molar-refractivity contribution in [3.63, 3.8) is 0 Å². The van der Waals surface area contributed by atoms with Crippen LogP contribution in [0.1, 0.15) is 28.5 Å². The summed E-state index contributed by atoms with van der Waals surface area (Å²) in [6.07, 6.45) is 0. The van der Waals surface area contributed by atoms with Gasteiger partial charge < -0.3 is 14.2 Å². The van der Waals surface area contributed by atoms with Crippen LogP contribution in [-0.4, -0.2) is 0 Å². The molecule has 0 amide bonds. The number of aryl methyl sites for hydroxylation is 1. The summed E-state index contributed by atoms with van der Waals surface area (Å²) in [5, 5.41) is 2.66. The molecule has 0 bridgehead atoms. The van der Waals surface area contributed by atoms with E-state index in [0.717, 1.165) is 56.5 Å². The van der Waals surface area contributed by atoms with E-state index in [-0.39, 0.29) is 6.04 Å². The van der Waals surface area contributed by atoms with Crippen LogP contribution >= 0.6 is 46.4 Å². The molecule has 0 aliphatic carbocycles. The number of furan rings is 1. The second kappa shape index (κ2) is 15.1. The van der Waals surface area contributed by atoms with Gasteiger partial charge >= 0.3 is 0 Å². The molecule has 50 heavy (non-hydrogen) atoms. The summed E-state index contributed by atoms with van der Waals surface area (Å²) in [6.45, 7) is 2.54. The van der Waals surface area contributed by atoms with E-state index >= 15 is 0 Å². The first-order chi connectivity index (χ1) is 24.4. The van der Waals surface area contributed by atoms with Crippen molar-refractivity contribution < 1.29 is 4.42 Å². The molecule has 7 rings (SSSR count). The quantitative estimate of drug-likeness (QED) is 0.140. The Morgan fingerprint density at radius 2 is 0.900 bits per heavy atom. The Kier molecular flexibility index (Phi) is 10.2. The van der Waals surface area contributed by atoms with Crippen molar-refractivity contribution in [1.29, 1.82) is 0 Å². The van der Waals surface area contributed by atoms with Crippen molar-refractivity contribution in [2.45, 2.75) is 19.5 Å². The van der Waals surface area contributed by atoms with Gasteiger partial charge in [0, 0.05) is 59.5 Å². The van der Waals surface area contributed by atoms with Gasteiger partial charge in [0.1, 0.15) is 11.5 Å². The molecule has 0 radical (unpaired) electrons. The van der Waals surface area contributed by atoms with E-state index < -0.39 is 0 Å². The van der Waals surface area contributed by atoms with E-state index in [9.17, 15) is 0 Å². The second-order valence-corrected chi connectivity index (χ2v) is 13.7. The molecule has 1 atom stereocenters. The Morgan fingerprint density at radius 1 is 0.500 bits per heavy atom.